The summed E-state index contributed by atoms with van der Waals surface area (Å²) < 4.78 is 6.68. The van der Waals surface area contributed by atoms with Crippen molar-refractivity contribution < 1.29 is 14.6 Å². The number of ether oxygens (including phenoxy) is 1. The lowest BCUT2D eigenvalue weighted by molar-refractivity contribution is -0.144. The minimum absolute atomic E-state index is 0.497. The van der Waals surface area contributed by atoms with E-state index in [0.717, 1.165) is 5.56 Å². The predicted molar refractivity (Wildman–Crippen MR) is 67.2 cm³/mol. The Morgan fingerprint density at radius 1 is 1.37 bits per heavy atom. The second kappa shape index (κ2) is 5.76. The highest BCUT2D eigenvalue weighted by molar-refractivity contribution is 5.79. The zero-order chi connectivity index (χ0) is 13.7. The van der Waals surface area contributed by atoms with Crippen molar-refractivity contribution in [1.82, 2.24) is 14.9 Å². The maximum Gasteiger partial charge on any atom is 0.344 e. The van der Waals surface area contributed by atoms with E-state index in [2.05, 4.69) is 15.3 Å². The molecule has 0 spiro atoms. The highest BCUT2D eigenvalue weighted by Crippen LogP contribution is 2.13. The fourth-order valence-corrected chi connectivity index (χ4v) is 1.28. The lowest BCUT2D eigenvalue weighted by Gasteiger charge is -2.09. The SMILES string of the molecule is C[C@@H](Oc1ccc(/C=N\n2cnnc2)cc1)C(=O)O. The summed E-state index contributed by atoms with van der Waals surface area (Å²) in [6.07, 6.45) is 3.70. The van der Waals surface area contributed by atoms with Gasteiger partial charge in [0.05, 0.1) is 6.21 Å². The van der Waals surface area contributed by atoms with Crippen LogP contribution in [0.25, 0.3) is 0 Å². The Morgan fingerprint density at radius 3 is 2.58 bits per heavy atom. The highest BCUT2D eigenvalue weighted by Gasteiger charge is 2.11. The van der Waals surface area contributed by atoms with Crippen LogP contribution in [-0.2, 0) is 4.79 Å². The lowest BCUT2D eigenvalue weighted by atomic mass is 10.2. The van der Waals surface area contributed by atoms with E-state index in [-0.39, 0.29) is 0 Å². The van der Waals surface area contributed by atoms with Gasteiger partial charge in [-0.05, 0) is 36.8 Å². The fourth-order valence-electron chi connectivity index (χ4n) is 1.28. The van der Waals surface area contributed by atoms with Gasteiger partial charge in [-0.3, -0.25) is 0 Å². The molecule has 1 heterocycles. The largest absolute Gasteiger partial charge is 0.479 e. The Morgan fingerprint density at radius 2 is 2.00 bits per heavy atom. The van der Waals surface area contributed by atoms with Gasteiger partial charge < -0.3 is 9.84 Å². The number of benzene rings is 1. The molecular weight excluding hydrogens is 248 g/mol. The Hall–Kier alpha value is -2.70. The summed E-state index contributed by atoms with van der Waals surface area (Å²) in [5, 5.41) is 20.1. The van der Waals surface area contributed by atoms with Crippen molar-refractivity contribution in [2.75, 3.05) is 0 Å². The van der Waals surface area contributed by atoms with Crippen LogP contribution >= 0.6 is 0 Å². The molecule has 0 aliphatic rings. The molecule has 1 N–H and O–H groups in total. The Bertz CT molecular complexity index is 563. The van der Waals surface area contributed by atoms with Crippen LogP contribution < -0.4 is 4.74 Å². The van der Waals surface area contributed by atoms with Gasteiger partial charge in [-0.1, -0.05) is 0 Å². The molecule has 0 aliphatic heterocycles. The number of carbonyl (C=O) groups is 1. The average Bonchev–Trinajstić information content (AvgIpc) is 2.91. The molecule has 19 heavy (non-hydrogen) atoms. The normalized spacial score (nSPS) is 12.5. The van der Waals surface area contributed by atoms with Crippen molar-refractivity contribution in [2.45, 2.75) is 13.0 Å². The van der Waals surface area contributed by atoms with E-state index < -0.39 is 12.1 Å². The molecule has 7 nitrogen and oxygen atoms in total. The molecule has 0 amide bonds. The molecule has 0 aliphatic carbocycles. The third kappa shape index (κ3) is 3.63. The van der Waals surface area contributed by atoms with Crippen LogP contribution in [0.15, 0.2) is 42.0 Å². The van der Waals surface area contributed by atoms with E-state index in [4.69, 9.17) is 9.84 Å². The molecule has 0 unspecified atom stereocenters. The van der Waals surface area contributed by atoms with Crippen LogP contribution in [0.1, 0.15) is 12.5 Å². The second-order valence-electron chi connectivity index (χ2n) is 3.75. The summed E-state index contributed by atoms with van der Waals surface area (Å²) in [5.41, 5.74) is 0.851. The minimum Gasteiger partial charge on any atom is -0.479 e. The quantitative estimate of drug-likeness (QED) is 0.810. The average molecular weight is 260 g/mol. The zero-order valence-electron chi connectivity index (χ0n) is 10.2. The van der Waals surface area contributed by atoms with Gasteiger partial charge in [0.15, 0.2) is 6.10 Å². The molecule has 0 saturated heterocycles. The number of aliphatic carboxylic acids is 1. The number of rotatable bonds is 5. The van der Waals surface area contributed by atoms with Crippen molar-refractivity contribution in [3.63, 3.8) is 0 Å². The molecule has 2 aromatic rings. The standard InChI is InChI=1S/C12H12N4O3/c1-9(12(17)18)19-11-4-2-10(3-5-11)6-15-16-7-13-14-8-16/h2-9H,1H3,(H,17,18)/b15-6-/t9-/m1/s1. The number of carboxylic acid groups (broad SMARTS) is 1. The van der Waals surface area contributed by atoms with Gasteiger partial charge in [-0.25, -0.2) is 9.47 Å². The third-order valence-corrected chi connectivity index (χ3v) is 2.29. The number of carboxylic acids is 1. The van der Waals surface area contributed by atoms with Crippen LogP contribution in [0.3, 0.4) is 0 Å². The highest BCUT2D eigenvalue weighted by atomic mass is 16.5. The van der Waals surface area contributed by atoms with Gasteiger partial charge in [-0.15, -0.1) is 10.2 Å². The molecule has 1 aromatic carbocycles. The molecule has 0 fully saturated rings. The first-order valence-electron chi connectivity index (χ1n) is 5.53. The van der Waals surface area contributed by atoms with E-state index in [1.165, 1.54) is 24.3 Å². The van der Waals surface area contributed by atoms with Gasteiger partial charge in [0.1, 0.15) is 18.4 Å². The van der Waals surface area contributed by atoms with E-state index in [1.807, 2.05) is 0 Å². The molecule has 0 bridgehead atoms. The van der Waals surface area contributed by atoms with Crippen molar-refractivity contribution in [2.24, 2.45) is 5.10 Å². The summed E-state index contributed by atoms with van der Waals surface area (Å²) in [5.74, 6) is -0.505. The molecule has 98 valence electrons. The van der Waals surface area contributed by atoms with Crippen molar-refractivity contribution in [3.05, 3.63) is 42.5 Å². The van der Waals surface area contributed by atoms with E-state index in [1.54, 1.807) is 30.5 Å². The summed E-state index contributed by atoms with van der Waals surface area (Å²) >= 11 is 0. The summed E-state index contributed by atoms with van der Waals surface area (Å²) in [7, 11) is 0. The number of hydrogen-bond donors (Lipinski definition) is 1. The topological polar surface area (TPSA) is 89.6 Å². The first kappa shape index (κ1) is 12.7. The maximum atomic E-state index is 10.6. The van der Waals surface area contributed by atoms with Crippen molar-refractivity contribution in [3.8, 4) is 5.75 Å². The van der Waals surface area contributed by atoms with E-state index in [9.17, 15) is 4.79 Å². The van der Waals surface area contributed by atoms with Crippen molar-refractivity contribution >= 4 is 12.2 Å². The number of aromatic nitrogens is 3. The molecule has 2 rings (SSSR count). The fraction of sp³-hybridized carbons (Fsp3) is 0.167. The van der Waals surface area contributed by atoms with Crippen LogP contribution in [0, 0.1) is 0 Å². The van der Waals surface area contributed by atoms with Gasteiger partial charge in [0.25, 0.3) is 0 Å². The van der Waals surface area contributed by atoms with E-state index >= 15 is 0 Å². The molecule has 1 aromatic heterocycles. The Kier molecular flexibility index (Phi) is 3.87. The van der Waals surface area contributed by atoms with Gasteiger partial charge in [0.2, 0.25) is 0 Å². The molecule has 1 atom stereocenters. The number of hydrogen-bond acceptors (Lipinski definition) is 5. The van der Waals surface area contributed by atoms with Crippen LogP contribution in [0.2, 0.25) is 0 Å². The first-order valence-corrected chi connectivity index (χ1v) is 5.53. The van der Waals surface area contributed by atoms with Gasteiger partial charge >= 0.3 is 5.97 Å². The van der Waals surface area contributed by atoms with E-state index in [0.29, 0.717) is 5.75 Å². The van der Waals surface area contributed by atoms with Crippen molar-refractivity contribution in [1.29, 1.82) is 0 Å². The monoisotopic (exact) mass is 260 g/mol. The smallest absolute Gasteiger partial charge is 0.344 e. The van der Waals surface area contributed by atoms with Crippen LogP contribution in [0.5, 0.6) is 5.75 Å². The lowest BCUT2D eigenvalue weighted by Crippen LogP contribution is -2.22. The summed E-state index contributed by atoms with van der Waals surface area (Å²) in [6, 6.07) is 6.93. The first-order chi connectivity index (χ1) is 9.15. The molecule has 0 radical (unpaired) electrons. The third-order valence-electron chi connectivity index (χ3n) is 2.29. The zero-order valence-corrected chi connectivity index (χ0v) is 10.2. The number of nitrogens with zero attached hydrogens (tertiary/aromatic N) is 4. The maximum absolute atomic E-state index is 10.6. The minimum atomic E-state index is -1.00. The van der Waals surface area contributed by atoms with Gasteiger partial charge in [0, 0.05) is 0 Å². The summed E-state index contributed by atoms with van der Waals surface area (Å²) in [6.45, 7) is 1.48. The summed E-state index contributed by atoms with van der Waals surface area (Å²) in [4.78, 5) is 10.6. The molecule has 7 heteroatoms. The molecular formula is C12H12N4O3. The van der Waals surface area contributed by atoms with Crippen LogP contribution in [0.4, 0.5) is 0 Å². The Labute approximate surface area is 109 Å². The second-order valence-corrected chi connectivity index (χ2v) is 3.75. The van der Waals surface area contributed by atoms with Gasteiger partial charge in [-0.2, -0.15) is 5.10 Å². The predicted octanol–water partition coefficient (Wildman–Crippen LogP) is 1.01. The molecule has 0 saturated carbocycles. The Balaban J connectivity index is 2.00. The van der Waals surface area contributed by atoms with Crippen LogP contribution in [-0.4, -0.2) is 38.3 Å².